The van der Waals surface area contributed by atoms with Gasteiger partial charge in [-0.15, -0.1) is 0 Å². The number of amides is 1. The van der Waals surface area contributed by atoms with Gasteiger partial charge in [-0.1, -0.05) is 41.4 Å². The predicted molar refractivity (Wildman–Crippen MR) is 79.6 cm³/mol. The van der Waals surface area contributed by atoms with Gasteiger partial charge in [0.15, 0.2) is 0 Å². The van der Waals surface area contributed by atoms with Crippen LogP contribution in [0.5, 0.6) is 5.75 Å². The van der Waals surface area contributed by atoms with Crippen molar-refractivity contribution in [2.45, 2.75) is 0 Å². The van der Waals surface area contributed by atoms with Gasteiger partial charge in [0.1, 0.15) is 5.75 Å². The molecule has 0 saturated carbocycles. The average Bonchev–Trinajstić information content (AvgIpc) is 2.43. The molecule has 0 aromatic heterocycles. The molecule has 0 heterocycles. The Morgan fingerprint density at radius 2 is 1.95 bits per heavy atom. The molecule has 0 aliphatic rings. The highest BCUT2D eigenvalue weighted by Crippen LogP contribution is 2.21. The van der Waals surface area contributed by atoms with Gasteiger partial charge in [-0.25, -0.2) is 5.43 Å². The number of phenolic OH excluding ortho intramolecular Hbond substituents is 1. The molecule has 2 N–H and O–H groups in total. The molecule has 0 aliphatic heterocycles. The summed E-state index contributed by atoms with van der Waals surface area (Å²) in [6.07, 6.45) is 1.42. The van der Waals surface area contributed by atoms with E-state index in [2.05, 4.69) is 10.5 Å². The quantitative estimate of drug-likeness (QED) is 0.674. The number of nitrogens with one attached hydrogen (secondary N) is 1. The Bertz CT molecular complexity index is 672. The van der Waals surface area contributed by atoms with E-state index < -0.39 is 5.91 Å². The maximum absolute atomic E-state index is 11.8. The highest BCUT2D eigenvalue weighted by Gasteiger charge is 2.10. The van der Waals surface area contributed by atoms with Crippen LogP contribution in [0.25, 0.3) is 0 Å². The fourth-order valence-electron chi connectivity index (χ4n) is 1.49. The lowest BCUT2D eigenvalue weighted by molar-refractivity contribution is 0.0952. The minimum absolute atomic E-state index is 0.0498. The van der Waals surface area contributed by atoms with Crippen LogP contribution < -0.4 is 5.43 Å². The highest BCUT2D eigenvalue weighted by molar-refractivity contribution is 6.33. The third kappa shape index (κ3) is 3.50. The van der Waals surface area contributed by atoms with Gasteiger partial charge in [0.2, 0.25) is 0 Å². The zero-order valence-electron chi connectivity index (χ0n) is 10.2. The van der Waals surface area contributed by atoms with E-state index in [1.807, 2.05) is 0 Å². The van der Waals surface area contributed by atoms with Crippen LogP contribution in [0.4, 0.5) is 0 Å². The molecule has 4 nitrogen and oxygen atoms in total. The fraction of sp³-hybridized carbons (Fsp3) is 0. The number of aromatic hydroxyl groups is 1. The summed E-state index contributed by atoms with van der Waals surface area (Å²) < 4.78 is 0. The molecule has 0 spiro atoms. The summed E-state index contributed by atoms with van der Waals surface area (Å²) >= 11 is 11.7. The molecular formula is C14H10Cl2N2O2. The summed E-state index contributed by atoms with van der Waals surface area (Å²) in [5, 5.41) is 14.2. The number of rotatable bonds is 3. The number of benzene rings is 2. The van der Waals surface area contributed by atoms with Crippen molar-refractivity contribution in [2.75, 3.05) is 0 Å². The summed E-state index contributed by atoms with van der Waals surface area (Å²) in [6, 6.07) is 11.3. The fourth-order valence-corrected chi connectivity index (χ4v) is 1.85. The molecule has 102 valence electrons. The Balaban J connectivity index is 2.09. The van der Waals surface area contributed by atoms with Crippen LogP contribution in [0.2, 0.25) is 10.0 Å². The Kier molecular flexibility index (Phi) is 4.61. The van der Waals surface area contributed by atoms with E-state index in [0.29, 0.717) is 15.6 Å². The third-order valence-corrected chi connectivity index (χ3v) is 3.06. The van der Waals surface area contributed by atoms with Gasteiger partial charge in [-0.3, -0.25) is 4.79 Å². The summed E-state index contributed by atoms with van der Waals surface area (Å²) in [5.41, 5.74) is 3.02. The van der Waals surface area contributed by atoms with Gasteiger partial charge in [-0.2, -0.15) is 5.10 Å². The van der Waals surface area contributed by atoms with Crippen molar-refractivity contribution >= 4 is 35.3 Å². The minimum atomic E-state index is -0.562. The van der Waals surface area contributed by atoms with Crippen LogP contribution in [-0.2, 0) is 0 Å². The zero-order chi connectivity index (χ0) is 14.5. The number of hydrogen-bond donors (Lipinski definition) is 2. The average molecular weight is 309 g/mol. The number of hydrazone groups is 1. The van der Waals surface area contributed by atoms with E-state index >= 15 is 0 Å². The number of halogens is 2. The van der Waals surface area contributed by atoms with Gasteiger partial charge in [0.25, 0.3) is 5.91 Å². The first kappa shape index (κ1) is 14.4. The number of carbonyl (C=O) groups is 1. The van der Waals surface area contributed by atoms with Crippen molar-refractivity contribution < 1.29 is 9.90 Å². The molecule has 1 amide bonds. The normalized spacial score (nSPS) is 10.7. The molecule has 0 aliphatic carbocycles. The van der Waals surface area contributed by atoms with E-state index in [-0.39, 0.29) is 11.3 Å². The number of hydrogen-bond acceptors (Lipinski definition) is 3. The minimum Gasteiger partial charge on any atom is -0.507 e. The van der Waals surface area contributed by atoms with Crippen molar-refractivity contribution in [3.8, 4) is 5.75 Å². The Hall–Kier alpha value is -2.04. The lowest BCUT2D eigenvalue weighted by Gasteiger charge is -2.03. The molecule has 2 rings (SSSR count). The van der Waals surface area contributed by atoms with Crippen molar-refractivity contribution in [3.63, 3.8) is 0 Å². The van der Waals surface area contributed by atoms with Crippen LogP contribution >= 0.6 is 23.2 Å². The Morgan fingerprint density at radius 1 is 1.20 bits per heavy atom. The molecule has 0 bridgehead atoms. The zero-order valence-corrected chi connectivity index (χ0v) is 11.7. The molecular weight excluding hydrogens is 299 g/mol. The number of nitrogens with zero attached hydrogens (tertiary/aromatic N) is 1. The van der Waals surface area contributed by atoms with Crippen molar-refractivity contribution in [2.24, 2.45) is 5.10 Å². The molecule has 0 atom stereocenters. The van der Waals surface area contributed by atoms with Crippen LogP contribution in [-0.4, -0.2) is 17.2 Å². The molecule has 2 aromatic carbocycles. The first-order valence-electron chi connectivity index (χ1n) is 5.64. The smallest absolute Gasteiger partial charge is 0.275 e. The molecule has 2 aromatic rings. The molecule has 0 unspecified atom stereocenters. The summed E-state index contributed by atoms with van der Waals surface area (Å²) in [6.45, 7) is 0. The van der Waals surface area contributed by atoms with Gasteiger partial charge < -0.3 is 5.11 Å². The van der Waals surface area contributed by atoms with Gasteiger partial charge >= 0.3 is 0 Å². The maximum Gasteiger partial charge on any atom is 0.275 e. The molecule has 0 fully saturated rings. The van der Waals surface area contributed by atoms with E-state index in [9.17, 15) is 9.90 Å². The summed E-state index contributed by atoms with van der Waals surface area (Å²) in [4.78, 5) is 11.8. The van der Waals surface area contributed by atoms with Gasteiger partial charge in [-0.05, 0) is 24.3 Å². The second-order valence-corrected chi connectivity index (χ2v) is 4.73. The van der Waals surface area contributed by atoms with Crippen molar-refractivity contribution in [1.82, 2.24) is 5.43 Å². The molecule has 0 radical (unpaired) electrons. The maximum atomic E-state index is 11.8. The molecule has 20 heavy (non-hydrogen) atoms. The SMILES string of the molecule is O=C(NN=Cc1ccccc1Cl)c1cc(Cl)ccc1O. The largest absolute Gasteiger partial charge is 0.507 e. The molecule has 0 saturated heterocycles. The van der Waals surface area contributed by atoms with E-state index in [0.717, 1.165) is 0 Å². The van der Waals surface area contributed by atoms with Crippen molar-refractivity contribution in [3.05, 3.63) is 63.6 Å². The first-order valence-corrected chi connectivity index (χ1v) is 6.40. The summed E-state index contributed by atoms with van der Waals surface area (Å²) in [5.74, 6) is -0.729. The van der Waals surface area contributed by atoms with E-state index in [1.54, 1.807) is 24.3 Å². The van der Waals surface area contributed by atoms with Crippen LogP contribution in [0, 0.1) is 0 Å². The second-order valence-electron chi connectivity index (χ2n) is 3.88. The van der Waals surface area contributed by atoms with E-state index in [1.165, 1.54) is 24.4 Å². The Morgan fingerprint density at radius 3 is 2.70 bits per heavy atom. The van der Waals surface area contributed by atoms with Gasteiger partial charge in [0, 0.05) is 15.6 Å². The predicted octanol–water partition coefficient (Wildman–Crippen LogP) is 3.46. The summed E-state index contributed by atoms with van der Waals surface area (Å²) in [7, 11) is 0. The monoisotopic (exact) mass is 308 g/mol. The second kappa shape index (κ2) is 6.41. The van der Waals surface area contributed by atoms with E-state index in [4.69, 9.17) is 23.2 Å². The van der Waals surface area contributed by atoms with Crippen LogP contribution in [0.15, 0.2) is 47.6 Å². The van der Waals surface area contributed by atoms with Crippen LogP contribution in [0.3, 0.4) is 0 Å². The van der Waals surface area contributed by atoms with Gasteiger partial charge in [0.05, 0.1) is 11.8 Å². The highest BCUT2D eigenvalue weighted by atomic mass is 35.5. The lowest BCUT2D eigenvalue weighted by atomic mass is 10.2. The topological polar surface area (TPSA) is 61.7 Å². The van der Waals surface area contributed by atoms with Crippen LogP contribution in [0.1, 0.15) is 15.9 Å². The first-order chi connectivity index (χ1) is 9.58. The lowest BCUT2D eigenvalue weighted by Crippen LogP contribution is -2.17. The third-order valence-electron chi connectivity index (χ3n) is 2.48. The Labute approximate surface area is 125 Å². The van der Waals surface area contributed by atoms with Crippen molar-refractivity contribution in [1.29, 1.82) is 0 Å². The number of phenols is 1. The number of carbonyl (C=O) groups excluding carboxylic acids is 1. The standard InChI is InChI=1S/C14H10Cl2N2O2/c15-10-5-6-13(19)11(7-10)14(20)18-17-8-9-3-1-2-4-12(9)16/h1-8,19H,(H,18,20). The molecule has 6 heteroatoms.